The molecule has 2 aromatic rings. The van der Waals surface area contributed by atoms with Crippen LogP contribution >= 0.6 is 0 Å². The molecule has 0 spiro atoms. The average Bonchev–Trinajstić information content (AvgIpc) is 2.81. The van der Waals surface area contributed by atoms with E-state index in [1.54, 1.807) is 7.11 Å². The van der Waals surface area contributed by atoms with Crippen molar-refractivity contribution in [2.75, 3.05) is 7.11 Å². The SMILES string of the molecule is COC=C1CCC(c2ccccc2)CC1.O=CC1CCC(c2ccccc2)CC1.[OH3+]. The van der Waals surface area contributed by atoms with Crippen LogP contribution in [-0.2, 0) is 15.0 Å². The van der Waals surface area contributed by atoms with Gasteiger partial charge in [-0.15, -0.1) is 0 Å². The number of aldehydes is 1. The fourth-order valence-electron chi connectivity index (χ4n) is 4.65. The fourth-order valence-corrected chi connectivity index (χ4v) is 4.65. The van der Waals surface area contributed by atoms with E-state index in [9.17, 15) is 4.79 Å². The lowest BCUT2D eigenvalue weighted by Gasteiger charge is -2.25. The van der Waals surface area contributed by atoms with E-state index in [0.29, 0.717) is 11.8 Å². The molecule has 0 bridgehead atoms. The molecule has 2 aromatic carbocycles. The first-order valence-corrected chi connectivity index (χ1v) is 11.1. The minimum absolute atomic E-state index is 0. The summed E-state index contributed by atoms with van der Waals surface area (Å²) in [5.74, 6) is 1.77. The van der Waals surface area contributed by atoms with Crippen molar-refractivity contribution in [3.63, 3.8) is 0 Å². The van der Waals surface area contributed by atoms with E-state index in [0.717, 1.165) is 25.0 Å². The van der Waals surface area contributed by atoms with Gasteiger partial charge in [0.1, 0.15) is 6.29 Å². The summed E-state index contributed by atoms with van der Waals surface area (Å²) in [6, 6.07) is 21.5. The molecule has 0 saturated heterocycles. The molecule has 0 radical (unpaired) electrons. The molecule has 0 unspecified atom stereocenters. The van der Waals surface area contributed by atoms with Crippen molar-refractivity contribution in [3.8, 4) is 0 Å². The largest absolute Gasteiger partial charge is 0.504 e. The van der Waals surface area contributed by atoms with Crippen LogP contribution in [0.25, 0.3) is 0 Å². The molecular formula is C27H37O3+. The van der Waals surface area contributed by atoms with E-state index in [1.165, 1.54) is 55.2 Å². The lowest BCUT2D eigenvalue weighted by molar-refractivity contribution is -0.111. The van der Waals surface area contributed by atoms with Gasteiger partial charge in [0.2, 0.25) is 0 Å². The molecule has 4 rings (SSSR count). The molecule has 0 atom stereocenters. The molecule has 3 nitrogen and oxygen atoms in total. The molecule has 2 fully saturated rings. The van der Waals surface area contributed by atoms with Gasteiger partial charge in [-0.1, -0.05) is 60.7 Å². The van der Waals surface area contributed by atoms with Crippen molar-refractivity contribution in [3.05, 3.63) is 83.6 Å². The first-order chi connectivity index (χ1) is 14.3. The van der Waals surface area contributed by atoms with E-state index in [1.807, 2.05) is 6.26 Å². The summed E-state index contributed by atoms with van der Waals surface area (Å²) in [6.45, 7) is 0. The van der Waals surface area contributed by atoms with Crippen LogP contribution in [0, 0.1) is 5.92 Å². The number of hydrogen-bond donors (Lipinski definition) is 0. The van der Waals surface area contributed by atoms with Crippen molar-refractivity contribution in [2.45, 2.75) is 63.2 Å². The Hall–Kier alpha value is -2.39. The molecule has 3 N–H and O–H groups in total. The second kappa shape index (κ2) is 13.0. The summed E-state index contributed by atoms with van der Waals surface area (Å²) in [4.78, 5) is 10.6. The summed E-state index contributed by atoms with van der Waals surface area (Å²) in [7, 11) is 1.73. The van der Waals surface area contributed by atoms with Crippen LogP contribution in [0.4, 0.5) is 0 Å². The van der Waals surface area contributed by atoms with Gasteiger partial charge in [0.15, 0.2) is 0 Å². The molecule has 0 heterocycles. The summed E-state index contributed by atoms with van der Waals surface area (Å²) in [5, 5.41) is 0. The van der Waals surface area contributed by atoms with Crippen molar-refractivity contribution < 1.29 is 15.0 Å². The van der Waals surface area contributed by atoms with Crippen LogP contribution in [0.3, 0.4) is 0 Å². The normalized spacial score (nSPS) is 23.2. The number of hydrogen-bond acceptors (Lipinski definition) is 2. The number of benzene rings is 2. The highest BCUT2D eigenvalue weighted by molar-refractivity contribution is 5.53. The Morgan fingerprint density at radius 3 is 1.63 bits per heavy atom. The Balaban J connectivity index is 0.000000207. The third kappa shape index (κ3) is 7.14. The highest BCUT2D eigenvalue weighted by Gasteiger charge is 2.21. The maximum absolute atomic E-state index is 10.6. The Morgan fingerprint density at radius 2 is 1.20 bits per heavy atom. The minimum atomic E-state index is 0. The van der Waals surface area contributed by atoms with Crippen LogP contribution in [0.2, 0.25) is 0 Å². The highest BCUT2D eigenvalue weighted by atomic mass is 16.5. The van der Waals surface area contributed by atoms with Crippen LogP contribution in [0.1, 0.15) is 74.3 Å². The van der Waals surface area contributed by atoms with Gasteiger partial charge < -0.3 is 15.0 Å². The molecule has 2 aliphatic carbocycles. The molecule has 2 aliphatic rings. The van der Waals surface area contributed by atoms with E-state index >= 15 is 0 Å². The van der Waals surface area contributed by atoms with Crippen molar-refractivity contribution in [2.24, 2.45) is 5.92 Å². The summed E-state index contributed by atoms with van der Waals surface area (Å²) in [5.41, 5.74) is 4.40. The molecule has 162 valence electrons. The number of allylic oxidation sites excluding steroid dienone is 1. The average molecular weight is 410 g/mol. The molecule has 0 aliphatic heterocycles. The summed E-state index contributed by atoms with van der Waals surface area (Å²) < 4.78 is 5.06. The minimum Gasteiger partial charge on any atom is -0.504 e. The maximum Gasteiger partial charge on any atom is 0.123 e. The Kier molecular flexibility index (Phi) is 10.4. The molecule has 0 amide bonds. The van der Waals surface area contributed by atoms with E-state index in [-0.39, 0.29) is 5.48 Å². The second-order valence-corrected chi connectivity index (χ2v) is 8.36. The van der Waals surface area contributed by atoms with Crippen LogP contribution in [-0.4, -0.2) is 13.4 Å². The van der Waals surface area contributed by atoms with Crippen LogP contribution in [0.15, 0.2) is 72.5 Å². The zero-order valence-electron chi connectivity index (χ0n) is 18.2. The Morgan fingerprint density at radius 1 is 0.733 bits per heavy atom. The van der Waals surface area contributed by atoms with Gasteiger partial charge >= 0.3 is 0 Å². The van der Waals surface area contributed by atoms with Gasteiger partial charge in [-0.2, -0.15) is 0 Å². The fraction of sp³-hybridized carbons (Fsp3) is 0.444. The molecule has 3 heteroatoms. The number of carbonyl (C=O) groups is 1. The van der Waals surface area contributed by atoms with Gasteiger partial charge in [0.05, 0.1) is 13.4 Å². The quantitative estimate of drug-likeness (QED) is 0.347. The molecular weight excluding hydrogens is 372 g/mol. The van der Waals surface area contributed by atoms with Crippen molar-refractivity contribution in [1.82, 2.24) is 0 Å². The lowest BCUT2D eigenvalue weighted by Crippen LogP contribution is -2.13. The third-order valence-corrected chi connectivity index (χ3v) is 6.42. The maximum atomic E-state index is 10.6. The molecule has 30 heavy (non-hydrogen) atoms. The topological polar surface area (TPSA) is 59.3 Å². The van der Waals surface area contributed by atoms with E-state index in [4.69, 9.17) is 4.74 Å². The monoisotopic (exact) mass is 409 g/mol. The van der Waals surface area contributed by atoms with Gasteiger partial charge in [-0.25, -0.2) is 0 Å². The first-order valence-electron chi connectivity index (χ1n) is 11.1. The van der Waals surface area contributed by atoms with Gasteiger partial charge in [0.25, 0.3) is 0 Å². The Bertz CT molecular complexity index is 736. The third-order valence-electron chi connectivity index (χ3n) is 6.42. The number of ether oxygens (including phenoxy) is 1. The van der Waals surface area contributed by atoms with Gasteiger partial charge in [-0.05, 0) is 79.9 Å². The van der Waals surface area contributed by atoms with Gasteiger partial charge in [-0.3, -0.25) is 0 Å². The zero-order valence-corrected chi connectivity index (χ0v) is 18.2. The first kappa shape index (κ1) is 23.9. The standard InChI is InChI=1S/C14H18O.C13H16O.H2O/c1-15-11-12-7-9-14(10-8-12)13-5-3-2-4-6-13;14-10-11-6-8-13(9-7-11)12-4-2-1-3-5-12;/h2-6,11,14H,7-10H2,1H3;1-5,10-11,13H,6-9H2;1H2/p+1. The van der Waals surface area contributed by atoms with E-state index < -0.39 is 0 Å². The zero-order chi connectivity index (χ0) is 20.3. The molecule has 0 aromatic heterocycles. The molecule has 2 saturated carbocycles. The van der Waals surface area contributed by atoms with E-state index in [2.05, 4.69) is 60.7 Å². The Labute approximate surface area is 181 Å². The van der Waals surface area contributed by atoms with Crippen LogP contribution < -0.4 is 0 Å². The summed E-state index contributed by atoms with van der Waals surface area (Å²) >= 11 is 0. The van der Waals surface area contributed by atoms with Gasteiger partial charge in [0, 0.05) is 5.92 Å². The highest BCUT2D eigenvalue weighted by Crippen LogP contribution is 2.35. The van der Waals surface area contributed by atoms with Crippen molar-refractivity contribution >= 4 is 6.29 Å². The lowest BCUT2D eigenvalue weighted by atomic mass is 9.79. The predicted molar refractivity (Wildman–Crippen MR) is 125 cm³/mol. The smallest absolute Gasteiger partial charge is 0.123 e. The second-order valence-electron chi connectivity index (χ2n) is 8.36. The summed E-state index contributed by atoms with van der Waals surface area (Å²) in [6.07, 6.45) is 12.4. The number of rotatable bonds is 4. The van der Waals surface area contributed by atoms with Crippen molar-refractivity contribution in [1.29, 1.82) is 0 Å². The van der Waals surface area contributed by atoms with Crippen LogP contribution in [0.5, 0.6) is 0 Å². The number of carbonyl (C=O) groups excluding carboxylic acids is 1. The predicted octanol–water partition coefficient (Wildman–Crippen LogP) is 6.11. The number of methoxy groups -OCH3 is 1.